The molecule has 0 amide bonds. The fourth-order valence-corrected chi connectivity index (χ4v) is 3.26. The first kappa shape index (κ1) is 12.6. The third-order valence-corrected chi connectivity index (χ3v) is 4.12. The molecule has 1 aromatic heterocycles. The van der Waals surface area contributed by atoms with Crippen LogP contribution in [0.4, 0.5) is 5.13 Å². The third kappa shape index (κ3) is 2.63. The normalized spacial score (nSPS) is 15.5. The second kappa shape index (κ2) is 4.60. The van der Waals surface area contributed by atoms with Gasteiger partial charge in [-0.05, 0) is 24.0 Å². The van der Waals surface area contributed by atoms with Crippen molar-refractivity contribution in [2.24, 2.45) is 0 Å². The fourth-order valence-electron chi connectivity index (χ4n) is 2.42. The average Bonchev–Trinajstić information content (AvgIpc) is 2.94. The van der Waals surface area contributed by atoms with Crippen molar-refractivity contribution in [1.29, 1.82) is 0 Å². The van der Waals surface area contributed by atoms with Crippen LogP contribution in [-0.4, -0.2) is 15.4 Å². The number of anilines is 1. The molecule has 100 valence electrons. The van der Waals surface area contributed by atoms with Crippen molar-refractivity contribution in [3.8, 4) is 0 Å². The van der Waals surface area contributed by atoms with Crippen molar-refractivity contribution >= 4 is 16.7 Å². The second-order valence-electron chi connectivity index (χ2n) is 6.19. The molecule has 0 bridgehead atoms. The summed E-state index contributed by atoms with van der Waals surface area (Å²) in [4.78, 5) is 4.60. The zero-order chi connectivity index (χ0) is 13.5. The number of hydrogen-bond acceptors (Lipinski definition) is 4. The first-order valence-corrected chi connectivity index (χ1v) is 7.47. The molecule has 1 N–H and O–H groups in total. The highest BCUT2D eigenvalue weighted by atomic mass is 32.1. The summed E-state index contributed by atoms with van der Waals surface area (Å²) < 4.78 is 4.45. The number of hydrogen-bond donors (Lipinski definition) is 1. The maximum atomic E-state index is 4.60. The Labute approximate surface area is 118 Å². The number of aromatic nitrogens is 2. The largest absolute Gasteiger partial charge is 0.357 e. The van der Waals surface area contributed by atoms with E-state index in [0.29, 0.717) is 6.04 Å². The molecule has 0 saturated carbocycles. The van der Waals surface area contributed by atoms with Crippen molar-refractivity contribution in [3.63, 3.8) is 0 Å². The topological polar surface area (TPSA) is 37.8 Å². The Morgan fingerprint density at radius 1 is 1.16 bits per heavy atom. The van der Waals surface area contributed by atoms with E-state index in [4.69, 9.17) is 0 Å². The summed E-state index contributed by atoms with van der Waals surface area (Å²) in [5, 5.41) is 4.47. The maximum Gasteiger partial charge on any atom is 0.202 e. The van der Waals surface area contributed by atoms with E-state index in [1.807, 2.05) is 0 Å². The van der Waals surface area contributed by atoms with E-state index in [0.717, 1.165) is 23.8 Å². The molecule has 0 fully saturated rings. The van der Waals surface area contributed by atoms with Crippen molar-refractivity contribution in [1.82, 2.24) is 9.36 Å². The molecule has 3 nitrogen and oxygen atoms in total. The Balaban J connectivity index is 1.70. The average molecular weight is 273 g/mol. The number of nitrogens with one attached hydrogen (secondary N) is 1. The van der Waals surface area contributed by atoms with E-state index >= 15 is 0 Å². The van der Waals surface area contributed by atoms with E-state index in [2.05, 4.69) is 59.7 Å². The van der Waals surface area contributed by atoms with Crippen molar-refractivity contribution < 1.29 is 0 Å². The molecule has 0 saturated heterocycles. The lowest BCUT2D eigenvalue weighted by Crippen LogP contribution is -2.20. The van der Waals surface area contributed by atoms with Gasteiger partial charge in [0.1, 0.15) is 5.82 Å². The van der Waals surface area contributed by atoms with Gasteiger partial charge in [0.15, 0.2) is 0 Å². The van der Waals surface area contributed by atoms with Crippen LogP contribution in [0.2, 0.25) is 0 Å². The van der Waals surface area contributed by atoms with Crippen molar-refractivity contribution in [2.45, 2.75) is 45.1 Å². The first-order chi connectivity index (χ1) is 9.02. The van der Waals surface area contributed by atoms with Crippen LogP contribution in [0.3, 0.4) is 0 Å². The van der Waals surface area contributed by atoms with Gasteiger partial charge in [0.05, 0.1) is 0 Å². The number of fused-ring (bicyclic) bond motifs is 1. The molecule has 0 aliphatic heterocycles. The molecule has 19 heavy (non-hydrogen) atoms. The highest BCUT2D eigenvalue weighted by Gasteiger charge is 2.23. The minimum absolute atomic E-state index is 0.0229. The van der Waals surface area contributed by atoms with Crippen LogP contribution in [0.5, 0.6) is 0 Å². The van der Waals surface area contributed by atoms with Crippen molar-refractivity contribution in [3.05, 3.63) is 41.2 Å². The Morgan fingerprint density at radius 3 is 2.32 bits per heavy atom. The Bertz CT molecular complexity index is 558. The molecule has 0 atom stereocenters. The Kier molecular flexibility index (Phi) is 3.05. The zero-order valence-electron chi connectivity index (χ0n) is 11.6. The van der Waals surface area contributed by atoms with Gasteiger partial charge in [-0.25, -0.2) is 4.98 Å². The molecule has 1 aliphatic carbocycles. The fraction of sp³-hybridized carbons (Fsp3) is 0.467. The van der Waals surface area contributed by atoms with Gasteiger partial charge in [0, 0.05) is 23.0 Å². The summed E-state index contributed by atoms with van der Waals surface area (Å²) >= 11 is 1.47. The van der Waals surface area contributed by atoms with Crippen LogP contribution < -0.4 is 5.32 Å². The molecule has 0 spiro atoms. The molecule has 3 rings (SSSR count). The predicted molar refractivity (Wildman–Crippen MR) is 79.9 cm³/mol. The summed E-state index contributed by atoms with van der Waals surface area (Å²) in [5.41, 5.74) is 2.94. The highest BCUT2D eigenvalue weighted by molar-refractivity contribution is 7.09. The molecular formula is C15H19N3S. The van der Waals surface area contributed by atoms with E-state index in [-0.39, 0.29) is 5.41 Å². The molecule has 1 heterocycles. The second-order valence-corrected chi connectivity index (χ2v) is 6.94. The van der Waals surface area contributed by atoms with Crippen LogP contribution in [-0.2, 0) is 18.3 Å². The standard InChI is InChI=1S/C15H19N3S/c1-15(2,3)13-17-14(19-18-13)16-12-8-10-6-4-5-7-11(10)9-12/h4-7,12H,8-9H2,1-3H3,(H,16,17,18). The van der Waals surface area contributed by atoms with Gasteiger partial charge >= 0.3 is 0 Å². The quantitative estimate of drug-likeness (QED) is 0.911. The number of benzene rings is 1. The van der Waals surface area contributed by atoms with Crippen LogP contribution in [0.25, 0.3) is 0 Å². The molecular weight excluding hydrogens is 254 g/mol. The van der Waals surface area contributed by atoms with E-state index in [9.17, 15) is 0 Å². The van der Waals surface area contributed by atoms with Crippen LogP contribution in [0.15, 0.2) is 24.3 Å². The van der Waals surface area contributed by atoms with E-state index in [1.165, 1.54) is 22.7 Å². The molecule has 1 aromatic carbocycles. The van der Waals surface area contributed by atoms with Gasteiger partial charge in [-0.3, -0.25) is 0 Å². The summed E-state index contributed by atoms with van der Waals surface area (Å²) in [6.07, 6.45) is 2.17. The Morgan fingerprint density at radius 2 is 1.79 bits per heavy atom. The van der Waals surface area contributed by atoms with E-state index in [1.54, 1.807) is 0 Å². The first-order valence-electron chi connectivity index (χ1n) is 6.70. The SMILES string of the molecule is CC(C)(C)c1nsc(NC2Cc3ccccc3C2)n1. The monoisotopic (exact) mass is 273 g/mol. The lowest BCUT2D eigenvalue weighted by atomic mass is 9.96. The van der Waals surface area contributed by atoms with Gasteiger partial charge < -0.3 is 5.32 Å². The van der Waals surface area contributed by atoms with Gasteiger partial charge in [-0.2, -0.15) is 4.37 Å². The lowest BCUT2D eigenvalue weighted by Gasteiger charge is -2.13. The predicted octanol–water partition coefficient (Wildman–Crippen LogP) is 3.41. The lowest BCUT2D eigenvalue weighted by molar-refractivity contribution is 0.555. The summed E-state index contributed by atoms with van der Waals surface area (Å²) in [6.45, 7) is 6.43. The van der Waals surface area contributed by atoms with Gasteiger partial charge in [-0.15, -0.1) is 0 Å². The molecule has 4 heteroatoms. The molecule has 0 radical (unpaired) electrons. The van der Waals surface area contributed by atoms with Crippen LogP contribution in [0, 0.1) is 0 Å². The van der Waals surface area contributed by atoms with Gasteiger partial charge in [0.25, 0.3) is 0 Å². The zero-order valence-corrected chi connectivity index (χ0v) is 12.4. The number of rotatable bonds is 2. The van der Waals surface area contributed by atoms with Crippen LogP contribution >= 0.6 is 11.5 Å². The van der Waals surface area contributed by atoms with Crippen LogP contribution in [0.1, 0.15) is 37.7 Å². The van der Waals surface area contributed by atoms with Crippen molar-refractivity contribution in [2.75, 3.05) is 5.32 Å². The summed E-state index contributed by atoms with van der Waals surface area (Å²) in [6, 6.07) is 9.13. The minimum Gasteiger partial charge on any atom is -0.357 e. The highest BCUT2D eigenvalue weighted by Crippen LogP contribution is 2.27. The van der Waals surface area contributed by atoms with E-state index < -0.39 is 0 Å². The minimum atomic E-state index is 0.0229. The Hall–Kier alpha value is -1.42. The third-order valence-electron chi connectivity index (χ3n) is 3.48. The summed E-state index contributed by atoms with van der Waals surface area (Å²) in [7, 11) is 0. The molecule has 0 unspecified atom stereocenters. The van der Waals surface area contributed by atoms with Gasteiger partial charge in [0.2, 0.25) is 5.13 Å². The molecule has 1 aliphatic rings. The maximum absolute atomic E-state index is 4.60. The number of nitrogens with zero attached hydrogens (tertiary/aromatic N) is 2. The van der Waals surface area contributed by atoms with Gasteiger partial charge in [-0.1, -0.05) is 45.0 Å². The smallest absolute Gasteiger partial charge is 0.202 e. The molecule has 2 aromatic rings. The summed E-state index contributed by atoms with van der Waals surface area (Å²) in [5.74, 6) is 0.926.